The highest BCUT2D eigenvalue weighted by Crippen LogP contribution is 2.28. The van der Waals surface area contributed by atoms with Crippen LogP contribution in [0, 0.1) is 0 Å². The Morgan fingerprint density at radius 1 is 1.41 bits per heavy atom. The third kappa shape index (κ3) is 3.67. The normalized spacial score (nSPS) is 28.9. The molecule has 0 aliphatic carbocycles. The van der Waals surface area contributed by atoms with Crippen LogP contribution in [0.5, 0.6) is 0 Å². The average molecular weight is 242 g/mol. The summed E-state index contributed by atoms with van der Waals surface area (Å²) in [6, 6.07) is 1.12. The zero-order valence-electron chi connectivity index (χ0n) is 12.2. The van der Waals surface area contributed by atoms with E-state index in [1.165, 1.54) is 12.8 Å². The average Bonchev–Trinajstić information content (AvgIpc) is 2.39. The molecule has 0 aromatic heterocycles. The van der Waals surface area contributed by atoms with Crippen LogP contribution in [0.4, 0.5) is 0 Å². The second-order valence-electron chi connectivity index (χ2n) is 6.12. The highest BCUT2D eigenvalue weighted by molar-refractivity contribution is 4.92. The van der Waals surface area contributed by atoms with Crippen LogP contribution >= 0.6 is 0 Å². The Morgan fingerprint density at radius 3 is 2.59 bits per heavy atom. The molecule has 3 nitrogen and oxygen atoms in total. The maximum absolute atomic E-state index is 9.20. The molecule has 3 heteroatoms. The molecule has 0 spiro atoms. The largest absolute Gasteiger partial charge is 0.396 e. The Bertz CT molecular complexity index is 230. The smallest absolute Gasteiger partial charge is 0.0446 e. The fraction of sp³-hybridized carbons (Fsp3) is 1.00. The van der Waals surface area contributed by atoms with Gasteiger partial charge in [-0.05, 0) is 53.6 Å². The van der Waals surface area contributed by atoms with E-state index in [0.29, 0.717) is 18.7 Å². The fourth-order valence-electron chi connectivity index (χ4n) is 2.85. The summed E-state index contributed by atoms with van der Waals surface area (Å²) in [5.74, 6) is 0. The molecule has 1 fully saturated rings. The van der Waals surface area contributed by atoms with Gasteiger partial charge in [-0.15, -0.1) is 0 Å². The molecule has 1 rings (SSSR count). The summed E-state index contributed by atoms with van der Waals surface area (Å²) in [5.41, 5.74) is 0.272. The molecule has 17 heavy (non-hydrogen) atoms. The lowest BCUT2D eigenvalue weighted by Crippen LogP contribution is -2.51. The molecule has 0 radical (unpaired) electrons. The van der Waals surface area contributed by atoms with Gasteiger partial charge in [0.15, 0.2) is 0 Å². The first-order valence-electron chi connectivity index (χ1n) is 7.00. The number of nitrogens with zero attached hydrogens (tertiary/aromatic N) is 2. The van der Waals surface area contributed by atoms with E-state index < -0.39 is 0 Å². The first kappa shape index (κ1) is 14.9. The summed E-state index contributed by atoms with van der Waals surface area (Å²) < 4.78 is 0. The van der Waals surface area contributed by atoms with E-state index >= 15 is 0 Å². The van der Waals surface area contributed by atoms with Gasteiger partial charge < -0.3 is 10.0 Å². The van der Waals surface area contributed by atoms with E-state index in [9.17, 15) is 5.11 Å². The second-order valence-corrected chi connectivity index (χ2v) is 6.12. The lowest BCUT2D eigenvalue weighted by atomic mass is 9.95. The number of aliphatic hydroxyl groups excluding tert-OH is 1. The van der Waals surface area contributed by atoms with Crippen LogP contribution in [0.1, 0.15) is 47.0 Å². The topological polar surface area (TPSA) is 26.7 Å². The van der Waals surface area contributed by atoms with Crippen molar-refractivity contribution in [1.29, 1.82) is 0 Å². The predicted octanol–water partition coefficient (Wildman–Crippen LogP) is 1.95. The number of hydrogen-bond acceptors (Lipinski definition) is 3. The number of aliphatic hydroxyl groups is 1. The van der Waals surface area contributed by atoms with Gasteiger partial charge in [-0.25, -0.2) is 0 Å². The van der Waals surface area contributed by atoms with Gasteiger partial charge in [-0.1, -0.05) is 6.92 Å². The Hall–Kier alpha value is -0.120. The van der Waals surface area contributed by atoms with Crippen molar-refractivity contribution in [3.8, 4) is 0 Å². The predicted molar refractivity (Wildman–Crippen MR) is 73.3 cm³/mol. The van der Waals surface area contributed by atoms with E-state index in [4.69, 9.17) is 0 Å². The van der Waals surface area contributed by atoms with Crippen molar-refractivity contribution in [2.24, 2.45) is 0 Å². The molecule has 102 valence electrons. The van der Waals surface area contributed by atoms with E-state index in [0.717, 1.165) is 19.5 Å². The summed E-state index contributed by atoms with van der Waals surface area (Å²) in [6.07, 6.45) is 3.29. The minimum absolute atomic E-state index is 0.272. The van der Waals surface area contributed by atoms with Crippen molar-refractivity contribution >= 4 is 0 Å². The summed E-state index contributed by atoms with van der Waals surface area (Å²) >= 11 is 0. The van der Waals surface area contributed by atoms with E-state index in [-0.39, 0.29) is 5.54 Å². The minimum Gasteiger partial charge on any atom is -0.396 e. The molecule has 1 saturated heterocycles. The monoisotopic (exact) mass is 242 g/mol. The van der Waals surface area contributed by atoms with Crippen LogP contribution in [0.25, 0.3) is 0 Å². The molecule has 1 heterocycles. The van der Waals surface area contributed by atoms with Gasteiger partial charge in [0.25, 0.3) is 0 Å². The quantitative estimate of drug-likeness (QED) is 0.816. The zero-order valence-corrected chi connectivity index (χ0v) is 12.2. The Kier molecular flexibility index (Phi) is 5.42. The maximum atomic E-state index is 9.20. The summed E-state index contributed by atoms with van der Waals surface area (Å²) in [7, 11) is 2.19. The van der Waals surface area contributed by atoms with Crippen molar-refractivity contribution in [2.45, 2.75) is 64.6 Å². The Morgan fingerprint density at radius 2 is 2.06 bits per heavy atom. The molecule has 0 aromatic rings. The number of likely N-dealkylation sites (N-methyl/N-ethyl adjacent to an activating group) is 1. The lowest BCUT2D eigenvalue weighted by Gasteiger charge is -2.42. The molecule has 2 unspecified atom stereocenters. The van der Waals surface area contributed by atoms with Crippen LogP contribution in [-0.2, 0) is 0 Å². The summed E-state index contributed by atoms with van der Waals surface area (Å²) in [6.45, 7) is 11.8. The van der Waals surface area contributed by atoms with Gasteiger partial charge in [0.05, 0.1) is 0 Å². The molecule has 0 aromatic carbocycles. The minimum atomic E-state index is 0.272. The van der Waals surface area contributed by atoms with Gasteiger partial charge >= 0.3 is 0 Å². The standard InChI is InChI=1S/C14H30N2O/c1-6-12(2)16-11-13(7-10-17)15(5)9-8-14(16,3)4/h12-13,17H,6-11H2,1-5H3. The third-order valence-corrected chi connectivity index (χ3v) is 4.47. The van der Waals surface area contributed by atoms with Crippen LogP contribution in [0.15, 0.2) is 0 Å². The van der Waals surface area contributed by atoms with Gasteiger partial charge in [0, 0.05) is 30.8 Å². The molecule has 1 aliphatic heterocycles. The van der Waals surface area contributed by atoms with Crippen LogP contribution < -0.4 is 0 Å². The summed E-state index contributed by atoms with van der Waals surface area (Å²) in [4.78, 5) is 5.05. The fourth-order valence-corrected chi connectivity index (χ4v) is 2.85. The Labute approximate surface area is 107 Å². The van der Waals surface area contributed by atoms with Gasteiger partial charge in [-0.2, -0.15) is 0 Å². The molecular formula is C14H30N2O. The highest BCUT2D eigenvalue weighted by Gasteiger charge is 2.35. The first-order valence-corrected chi connectivity index (χ1v) is 7.00. The maximum Gasteiger partial charge on any atom is 0.0446 e. The van der Waals surface area contributed by atoms with Crippen molar-refractivity contribution in [1.82, 2.24) is 9.80 Å². The molecule has 0 saturated carbocycles. The molecule has 0 amide bonds. The molecular weight excluding hydrogens is 212 g/mol. The molecule has 1 N–H and O–H groups in total. The SMILES string of the molecule is CCC(C)N1CC(CCO)N(C)CCC1(C)C. The van der Waals surface area contributed by atoms with Gasteiger partial charge in [0.2, 0.25) is 0 Å². The van der Waals surface area contributed by atoms with E-state index in [2.05, 4.69) is 44.5 Å². The van der Waals surface area contributed by atoms with Crippen molar-refractivity contribution in [2.75, 3.05) is 26.7 Å². The summed E-state index contributed by atoms with van der Waals surface area (Å²) in [5, 5.41) is 9.20. The molecule has 0 bridgehead atoms. The molecule has 2 atom stereocenters. The van der Waals surface area contributed by atoms with Crippen LogP contribution in [0.3, 0.4) is 0 Å². The number of hydrogen-bond donors (Lipinski definition) is 1. The third-order valence-electron chi connectivity index (χ3n) is 4.47. The second kappa shape index (κ2) is 6.17. The van der Waals surface area contributed by atoms with Crippen molar-refractivity contribution < 1.29 is 5.11 Å². The van der Waals surface area contributed by atoms with Gasteiger partial charge in [-0.3, -0.25) is 4.90 Å². The van der Waals surface area contributed by atoms with Crippen LogP contribution in [-0.4, -0.2) is 59.3 Å². The van der Waals surface area contributed by atoms with Gasteiger partial charge in [0.1, 0.15) is 0 Å². The van der Waals surface area contributed by atoms with E-state index in [1.54, 1.807) is 0 Å². The number of rotatable bonds is 4. The van der Waals surface area contributed by atoms with Crippen molar-refractivity contribution in [3.63, 3.8) is 0 Å². The lowest BCUT2D eigenvalue weighted by molar-refractivity contribution is 0.0658. The van der Waals surface area contributed by atoms with Crippen molar-refractivity contribution in [3.05, 3.63) is 0 Å². The Balaban J connectivity index is 2.82. The van der Waals surface area contributed by atoms with Crippen LogP contribution in [0.2, 0.25) is 0 Å². The zero-order chi connectivity index (χ0) is 13.1. The molecule has 1 aliphatic rings. The first-order chi connectivity index (χ1) is 7.92. The van der Waals surface area contributed by atoms with E-state index in [1.807, 2.05) is 0 Å². The highest BCUT2D eigenvalue weighted by atomic mass is 16.3.